The Morgan fingerprint density at radius 1 is 1.21 bits per heavy atom. The van der Waals surface area contributed by atoms with E-state index in [1.165, 1.54) is 13.8 Å². The van der Waals surface area contributed by atoms with Crippen molar-refractivity contribution in [1.82, 2.24) is 0 Å². The molecule has 0 heterocycles. The van der Waals surface area contributed by atoms with Crippen molar-refractivity contribution in [3.8, 4) is 0 Å². The molecule has 2 atom stereocenters. The molecule has 0 bridgehead atoms. The van der Waals surface area contributed by atoms with Crippen LogP contribution < -0.4 is 5.32 Å². The summed E-state index contributed by atoms with van der Waals surface area (Å²) in [7, 11) is 0. The zero-order chi connectivity index (χ0) is 14.4. The lowest BCUT2D eigenvalue weighted by molar-refractivity contribution is -0.119. The van der Waals surface area contributed by atoms with Crippen LogP contribution in [0.25, 0.3) is 0 Å². The van der Waals surface area contributed by atoms with Crippen molar-refractivity contribution in [1.29, 1.82) is 0 Å². The van der Waals surface area contributed by atoms with Crippen molar-refractivity contribution in [2.45, 2.75) is 39.7 Å². The fourth-order valence-electron chi connectivity index (χ4n) is 1.93. The summed E-state index contributed by atoms with van der Waals surface area (Å²) in [6.45, 7) is 4.88. The van der Waals surface area contributed by atoms with Crippen LogP contribution in [0.3, 0.4) is 0 Å². The Hall–Kier alpha value is -1.68. The molecule has 0 saturated heterocycles. The molecule has 4 heteroatoms. The molecule has 1 amide bonds. The van der Waals surface area contributed by atoms with Gasteiger partial charge in [0.25, 0.3) is 0 Å². The predicted molar refractivity (Wildman–Crippen MR) is 74.9 cm³/mol. The van der Waals surface area contributed by atoms with Gasteiger partial charge in [0.05, 0.1) is 6.10 Å². The fraction of sp³-hybridized carbons (Fsp3) is 0.467. The molecule has 0 aromatic heterocycles. The Labute approximate surface area is 113 Å². The summed E-state index contributed by atoms with van der Waals surface area (Å²) in [6, 6.07) is 7.51. The maximum atomic E-state index is 11.0. The summed E-state index contributed by atoms with van der Waals surface area (Å²) in [6.07, 6.45) is 0.299. The Morgan fingerprint density at radius 2 is 1.79 bits per heavy atom. The molecule has 104 valence electrons. The highest BCUT2D eigenvalue weighted by molar-refractivity contribution is 5.88. The first-order valence-corrected chi connectivity index (χ1v) is 6.42. The highest BCUT2D eigenvalue weighted by atomic mass is 16.3. The summed E-state index contributed by atoms with van der Waals surface area (Å²) < 4.78 is 0. The Balaban J connectivity index is 2.57. The lowest BCUT2D eigenvalue weighted by Gasteiger charge is -2.17. The van der Waals surface area contributed by atoms with Crippen LogP contribution >= 0.6 is 0 Å². The second kappa shape index (κ2) is 7.04. The van der Waals surface area contributed by atoms with Crippen LogP contribution in [-0.2, 0) is 16.0 Å². The number of carbonyl (C=O) groups is 2. The average Bonchev–Trinajstić information content (AvgIpc) is 2.30. The van der Waals surface area contributed by atoms with E-state index < -0.39 is 6.10 Å². The molecule has 1 aromatic rings. The van der Waals surface area contributed by atoms with Crippen LogP contribution in [-0.4, -0.2) is 22.9 Å². The third-order valence-electron chi connectivity index (χ3n) is 2.99. The number of hydrogen-bond donors (Lipinski definition) is 2. The van der Waals surface area contributed by atoms with Crippen molar-refractivity contribution in [2.24, 2.45) is 5.92 Å². The molecule has 0 fully saturated rings. The molecule has 0 saturated carbocycles. The van der Waals surface area contributed by atoms with E-state index in [9.17, 15) is 14.7 Å². The van der Waals surface area contributed by atoms with Gasteiger partial charge >= 0.3 is 0 Å². The SMILES string of the molecule is CC(=O)C[C@@H](O)[C@H](C)Cc1ccc(NC(C)=O)cc1. The van der Waals surface area contributed by atoms with Crippen LogP contribution in [0.2, 0.25) is 0 Å². The molecule has 0 unspecified atom stereocenters. The molecule has 0 aliphatic carbocycles. The zero-order valence-corrected chi connectivity index (χ0v) is 11.6. The minimum absolute atomic E-state index is 0.000330. The molecule has 1 aromatic carbocycles. The standard InChI is InChI=1S/C15H21NO3/c1-10(15(19)9-11(2)17)8-13-4-6-14(7-5-13)16-12(3)18/h4-7,10,15,19H,8-9H2,1-3H3,(H,16,18)/t10-,15-/m1/s1. The minimum Gasteiger partial charge on any atom is -0.392 e. The predicted octanol–water partition coefficient (Wildman–Crippen LogP) is 2.16. The Kier molecular flexibility index (Phi) is 5.70. The van der Waals surface area contributed by atoms with Crippen molar-refractivity contribution in [3.63, 3.8) is 0 Å². The van der Waals surface area contributed by atoms with Crippen LogP contribution in [0.15, 0.2) is 24.3 Å². The second-order valence-corrected chi connectivity index (χ2v) is 5.03. The lowest BCUT2D eigenvalue weighted by atomic mass is 9.93. The first-order valence-electron chi connectivity index (χ1n) is 6.42. The van der Waals surface area contributed by atoms with Gasteiger partial charge in [-0.2, -0.15) is 0 Å². The number of aliphatic hydroxyl groups is 1. The van der Waals surface area contributed by atoms with Crippen LogP contribution in [0.4, 0.5) is 5.69 Å². The molecule has 0 spiro atoms. The van der Waals surface area contributed by atoms with Crippen molar-refractivity contribution < 1.29 is 14.7 Å². The van der Waals surface area contributed by atoms with Crippen LogP contribution in [0.1, 0.15) is 32.8 Å². The molecule has 19 heavy (non-hydrogen) atoms. The lowest BCUT2D eigenvalue weighted by Crippen LogP contribution is -2.22. The maximum Gasteiger partial charge on any atom is 0.221 e. The number of nitrogens with one attached hydrogen (secondary N) is 1. The topological polar surface area (TPSA) is 66.4 Å². The smallest absolute Gasteiger partial charge is 0.221 e. The first kappa shape index (κ1) is 15.4. The van der Waals surface area contributed by atoms with E-state index in [1.807, 2.05) is 31.2 Å². The summed E-state index contributed by atoms with van der Waals surface area (Å²) in [5, 5.41) is 12.5. The molecule has 0 radical (unpaired) electrons. The fourth-order valence-corrected chi connectivity index (χ4v) is 1.93. The molecular weight excluding hydrogens is 242 g/mol. The number of amides is 1. The number of anilines is 1. The number of hydrogen-bond acceptors (Lipinski definition) is 3. The minimum atomic E-state index is -0.604. The monoisotopic (exact) mass is 263 g/mol. The number of aliphatic hydroxyl groups excluding tert-OH is 1. The highest BCUT2D eigenvalue weighted by Gasteiger charge is 2.16. The third kappa shape index (κ3) is 5.66. The Morgan fingerprint density at radius 3 is 2.26 bits per heavy atom. The highest BCUT2D eigenvalue weighted by Crippen LogP contribution is 2.17. The zero-order valence-electron chi connectivity index (χ0n) is 11.6. The second-order valence-electron chi connectivity index (χ2n) is 5.03. The van der Waals surface area contributed by atoms with Gasteiger partial charge in [0.1, 0.15) is 5.78 Å². The summed E-state index contributed by atoms with van der Waals surface area (Å²) in [5.74, 6) is -0.0751. The largest absolute Gasteiger partial charge is 0.392 e. The Bertz CT molecular complexity index is 439. The van der Waals surface area contributed by atoms with E-state index in [4.69, 9.17) is 0 Å². The van der Waals surface area contributed by atoms with E-state index >= 15 is 0 Å². The quantitative estimate of drug-likeness (QED) is 0.826. The number of Topliss-reactive ketones (excluding diaryl/α,β-unsaturated/α-hetero) is 1. The van der Waals surface area contributed by atoms with Crippen LogP contribution in [0, 0.1) is 5.92 Å². The normalized spacial score (nSPS) is 13.7. The van der Waals surface area contributed by atoms with Gasteiger partial charge in [-0.05, 0) is 37.0 Å². The van der Waals surface area contributed by atoms with Gasteiger partial charge in [-0.3, -0.25) is 9.59 Å². The number of ketones is 1. The van der Waals surface area contributed by atoms with E-state index in [0.717, 1.165) is 11.3 Å². The molecule has 4 nitrogen and oxygen atoms in total. The van der Waals surface area contributed by atoms with Crippen molar-refractivity contribution >= 4 is 17.4 Å². The van der Waals surface area contributed by atoms with E-state index in [2.05, 4.69) is 5.32 Å². The summed E-state index contributed by atoms with van der Waals surface area (Å²) in [4.78, 5) is 21.8. The van der Waals surface area contributed by atoms with Crippen molar-refractivity contribution in [3.05, 3.63) is 29.8 Å². The van der Waals surface area contributed by atoms with Gasteiger partial charge in [-0.15, -0.1) is 0 Å². The van der Waals surface area contributed by atoms with Gasteiger partial charge in [-0.1, -0.05) is 19.1 Å². The third-order valence-corrected chi connectivity index (χ3v) is 2.99. The van der Waals surface area contributed by atoms with Gasteiger partial charge in [0.15, 0.2) is 0 Å². The van der Waals surface area contributed by atoms with Gasteiger partial charge in [0, 0.05) is 19.0 Å². The molecule has 1 rings (SSSR count). The van der Waals surface area contributed by atoms with Crippen LogP contribution in [0.5, 0.6) is 0 Å². The molecule has 0 aliphatic rings. The van der Waals surface area contributed by atoms with Gasteiger partial charge in [-0.25, -0.2) is 0 Å². The van der Waals surface area contributed by atoms with Crippen molar-refractivity contribution in [2.75, 3.05) is 5.32 Å². The van der Waals surface area contributed by atoms with E-state index in [-0.39, 0.29) is 24.0 Å². The molecular formula is C15H21NO3. The van der Waals surface area contributed by atoms with Gasteiger partial charge < -0.3 is 10.4 Å². The molecule has 0 aliphatic heterocycles. The van der Waals surface area contributed by atoms with E-state index in [1.54, 1.807) is 0 Å². The summed E-state index contributed by atoms with van der Waals surface area (Å²) >= 11 is 0. The maximum absolute atomic E-state index is 11.0. The van der Waals surface area contributed by atoms with Gasteiger partial charge in [0.2, 0.25) is 5.91 Å². The summed E-state index contributed by atoms with van der Waals surface area (Å²) in [5.41, 5.74) is 1.83. The van der Waals surface area contributed by atoms with E-state index in [0.29, 0.717) is 6.42 Å². The average molecular weight is 263 g/mol. The molecule has 2 N–H and O–H groups in total. The number of benzene rings is 1. The first-order chi connectivity index (χ1) is 8.88. The number of carbonyl (C=O) groups excluding carboxylic acids is 2. The number of rotatable bonds is 6.